The molecule has 146 valence electrons. The summed E-state index contributed by atoms with van der Waals surface area (Å²) in [5.41, 5.74) is 1.70. The molecular formula is C19H20ClN5O3. The first kappa shape index (κ1) is 19.5. The van der Waals surface area contributed by atoms with Gasteiger partial charge in [0.25, 0.3) is 5.91 Å². The lowest BCUT2D eigenvalue weighted by molar-refractivity contribution is 0.0935. The minimum absolute atomic E-state index is 0.146. The predicted molar refractivity (Wildman–Crippen MR) is 107 cm³/mol. The van der Waals surface area contributed by atoms with Crippen LogP contribution in [0.5, 0.6) is 11.5 Å². The van der Waals surface area contributed by atoms with Gasteiger partial charge in [0.05, 0.1) is 20.3 Å². The van der Waals surface area contributed by atoms with E-state index in [9.17, 15) is 4.79 Å². The molecule has 1 atom stereocenters. The predicted octanol–water partition coefficient (Wildman–Crippen LogP) is 3.71. The second-order valence-electron chi connectivity index (χ2n) is 5.97. The van der Waals surface area contributed by atoms with E-state index in [1.165, 1.54) is 0 Å². The van der Waals surface area contributed by atoms with Gasteiger partial charge in [0.2, 0.25) is 0 Å². The van der Waals surface area contributed by atoms with E-state index in [4.69, 9.17) is 21.1 Å². The Morgan fingerprint density at radius 1 is 1.11 bits per heavy atom. The first-order valence-corrected chi connectivity index (χ1v) is 8.85. The number of rotatable bonds is 7. The number of carbonyl (C=O) groups is 1. The SMILES string of the molecule is COc1ccc([C@@H](C)NC(=O)c2n[nH]nc2Nc2cccc(Cl)c2)cc1OC. The molecule has 0 radical (unpaired) electrons. The Kier molecular flexibility index (Phi) is 6.00. The molecule has 3 aromatic rings. The molecule has 0 spiro atoms. The number of hydrogen-bond donors (Lipinski definition) is 3. The number of anilines is 2. The van der Waals surface area contributed by atoms with E-state index < -0.39 is 0 Å². The summed E-state index contributed by atoms with van der Waals surface area (Å²) in [5.74, 6) is 1.14. The number of hydrogen-bond acceptors (Lipinski definition) is 6. The number of ether oxygens (including phenoxy) is 2. The second kappa shape index (κ2) is 8.62. The third-order valence-electron chi connectivity index (χ3n) is 4.11. The molecule has 8 nitrogen and oxygen atoms in total. The highest BCUT2D eigenvalue weighted by Gasteiger charge is 2.20. The van der Waals surface area contributed by atoms with Crippen LogP contribution in [0.2, 0.25) is 5.02 Å². The van der Waals surface area contributed by atoms with Gasteiger partial charge in [-0.2, -0.15) is 5.21 Å². The van der Waals surface area contributed by atoms with Crippen molar-refractivity contribution in [1.29, 1.82) is 0 Å². The summed E-state index contributed by atoms with van der Waals surface area (Å²) < 4.78 is 10.6. The molecule has 0 saturated carbocycles. The van der Waals surface area contributed by atoms with Crippen LogP contribution >= 0.6 is 11.6 Å². The monoisotopic (exact) mass is 401 g/mol. The molecule has 1 amide bonds. The van der Waals surface area contributed by atoms with Crippen molar-refractivity contribution in [2.24, 2.45) is 0 Å². The molecule has 3 N–H and O–H groups in total. The average molecular weight is 402 g/mol. The van der Waals surface area contributed by atoms with Gasteiger partial charge in [0, 0.05) is 10.7 Å². The zero-order chi connectivity index (χ0) is 20.1. The van der Waals surface area contributed by atoms with E-state index in [2.05, 4.69) is 26.0 Å². The largest absolute Gasteiger partial charge is 0.493 e. The molecule has 0 fully saturated rings. The van der Waals surface area contributed by atoms with Gasteiger partial charge in [0.15, 0.2) is 23.0 Å². The van der Waals surface area contributed by atoms with Gasteiger partial charge in [-0.1, -0.05) is 23.7 Å². The molecule has 3 rings (SSSR count). The maximum Gasteiger partial charge on any atom is 0.276 e. The van der Waals surface area contributed by atoms with Gasteiger partial charge in [-0.15, -0.1) is 10.2 Å². The zero-order valence-corrected chi connectivity index (χ0v) is 16.4. The molecular weight excluding hydrogens is 382 g/mol. The molecule has 0 aliphatic rings. The Morgan fingerprint density at radius 2 is 1.89 bits per heavy atom. The van der Waals surface area contributed by atoms with Gasteiger partial charge < -0.3 is 20.1 Å². The van der Waals surface area contributed by atoms with Crippen molar-refractivity contribution in [2.45, 2.75) is 13.0 Å². The highest BCUT2D eigenvalue weighted by Crippen LogP contribution is 2.30. The standard InChI is InChI=1S/C19H20ClN5O3/c1-11(12-7-8-15(27-2)16(9-12)28-3)21-19(26)17-18(24-25-23-17)22-14-6-4-5-13(20)10-14/h4-11H,1-3H3,(H,21,26)(H2,22,23,24,25)/t11-/m1/s1. The molecule has 0 unspecified atom stereocenters. The molecule has 0 bridgehead atoms. The Hall–Kier alpha value is -3.26. The summed E-state index contributed by atoms with van der Waals surface area (Å²) in [6.07, 6.45) is 0. The fraction of sp³-hybridized carbons (Fsp3) is 0.211. The maximum atomic E-state index is 12.7. The van der Waals surface area contributed by atoms with Gasteiger partial charge in [-0.25, -0.2) is 0 Å². The van der Waals surface area contributed by atoms with Crippen molar-refractivity contribution in [3.63, 3.8) is 0 Å². The molecule has 0 aliphatic carbocycles. The van der Waals surface area contributed by atoms with Gasteiger partial charge in [-0.3, -0.25) is 4.79 Å². The highest BCUT2D eigenvalue weighted by molar-refractivity contribution is 6.30. The molecule has 0 saturated heterocycles. The summed E-state index contributed by atoms with van der Waals surface area (Å²) >= 11 is 5.99. The van der Waals surface area contributed by atoms with Crippen molar-refractivity contribution < 1.29 is 14.3 Å². The summed E-state index contributed by atoms with van der Waals surface area (Å²) in [4.78, 5) is 12.7. The summed E-state index contributed by atoms with van der Waals surface area (Å²) in [6.45, 7) is 1.86. The average Bonchev–Trinajstić information content (AvgIpc) is 3.15. The zero-order valence-electron chi connectivity index (χ0n) is 15.6. The Morgan fingerprint density at radius 3 is 2.61 bits per heavy atom. The van der Waals surface area contributed by atoms with Crippen molar-refractivity contribution in [3.8, 4) is 11.5 Å². The fourth-order valence-electron chi connectivity index (χ4n) is 2.65. The Bertz CT molecular complexity index is 976. The van der Waals surface area contributed by atoms with E-state index in [-0.39, 0.29) is 17.6 Å². The van der Waals surface area contributed by atoms with E-state index in [0.717, 1.165) is 5.56 Å². The van der Waals surface area contributed by atoms with Crippen molar-refractivity contribution >= 4 is 29.0 Å². The lowest BCUT2D eigenvalue weighted by Crippen LogP contribution is -2.27. The summed E-state index contributed by atoms with van der Waals surface area (Å²) in [6, 6.07) is 12.3. The smallest absolute Gasteiger partial charge is 0.276 e. The number of nitrogens with one attached hydrogen (secondary N) is 3. The minimum Gasteiger partial charge on any atom is -0.493 e. The molecule has 28 heavy (non-hydrogen) atoms. The van der Waals surface area contributed by atoms with Crippen molar-refractivity contribution in [1.82, 2.24) is 20.7 Å². The number of amides is 1. The third-order valence-corrected chi connectivity index (χ3v) is 4.34. The highest BCUT2D eigenvalue weighted by atomic mass is 35.5. The van der Waals surface area contributed by atoms with Crippen molar-refractivity contribution in [2.75, 3.05) is 19.5 Å². The number of nitrogens with zero attached hydrogens (tertiary/aromatic N) is 2. The third kappa shape index (κ3) is 4.34. The number of methoxy groups -OCH3 is 2. The van der Waals surface area contributed by atoms with Crippen LogP contribution in [0.25, 0.3) is 0 Å². The molecule has 2 aromatic carbocycles. The number of aromatic amines is 1. The number of benzene rings is 2. The van der Waals surface area contributed by atoms with Crippen LogP contribution in [-0.4, -0.2) is 35.5 Å². The van der Waals surface area contributed by atoms with E-state index in [1.54, 1.807) is 38.5 Å². The van der Waals surface area contributed by atoms with Crippen LogP contribution in [-0.2, 0) is 0 Å². The van der Waals surface area contributed by atoms with Crippen LogP contribution in [0, 0.1) is 0 Å². The number of aromatic nitrogens is 3. The topological polar surface area (TPSA) is 101 Å². The van der Waals surface area contributed by atoms with Gasteiger partial charge >= 0.3 is 0 Å². The minimum atomic E-state index is -0.374. The van der Waals surface area contributed by atoms with Crippen LogP contribution in [0.3, 0.4) is 0 Å². The lowest BCUT2D eigenvalue weighted by Gasteiger charge is -2.16. The first-order valence-electron chi connectivity index (χ1n) is 8.48. The van der Waals surface area contributed by atoms with Crippen LogP contribution < -0.4 is 20.1 Å². The number of carbonyl (C=O) groups excluding carboxylic acids is 1. The first-order chi connectivity index (χ1) is 13.5. The molecule has 1 aromatic heterocycles. The fourth-order valence-corrected chi connectivity index (χ4v) is 2.84. The summed E-state index contributed by atoms with van der Waals surface area (Å²) in [7, 11) is 3.13. The van der Waals surface area contributed by atoms with Crippen LogP contribution in [0.15, 0.2) is 42.5 Å². The Labute approximate surface area is 167 Å². The number of halogens is 1. The normalized spacial score (nSPS) is 11.6. The van der Waals surface area contributed by atoms with E-state index in [0.29, 0.717) is 28.0 Å². The number of H-pyrrole nitrogens is 1. The van der Waals surface area contributed by atoms with E-state index >= 15 is 0 Å². The molecule has 1 heterocycles. The quantitative estimate of drug-likeness (QED) is 0.558. The van der Waals surface area contributed by atoms with Gasteiger partial charge in [0.1, 0.15) is 0 Å². The Balaban J connectivity index is 1.74. The summed E-state index contributed by atoms with van der Waals surface area (Å²) in [5, 5.41) is 16.9. The molecule has 0 aliphatic heterocycles. The maximum absolute atomic E-state index is 12.7. The van der Waals surface area contributed by atoms with Crippen LogP contribution in [0.4, 0.5) is 11.5 Å². The lowest BCUT2D eigenvalue weighted by atomic mass is 10.1. The van der Waals surface area contributed by atoms with Crippen LogP contribution in [0.1, 0.15) is 29.0 Å². The van der Waals surface area contributed by atoms with Gasteiger partial charge in [-0.05, 0) is 42.8 Å². The van der Waals surface area contributed by atoms with Crippen molar-refractivity contribution in [3.05, 3.63) is 58.7 Å². The molecule has 9 heteroatoms. The second-order valence-corrected chi connectivity index (χ2v) is 6.40. The van der Waals surface area contributed by atoms with E-state index in [1.807, 2.05) is 25.1 Å².